The molecule has 28 heavy (non-hydrogen) atoms. The molecule has 150 valence electrons. The summed E-state index contributed by atoms with van der Waals surface area (Å²) in [6, 6.07) is 5.76. The van der Waals surface area contributed by atoms with Crippen LogP contribution in [0.2, 0.25) is 0 Å². The van der Waals surface area contributed by atoms with Crippen molar-refractivity contribution in [1.29, 1.82) is 0 Å². The Kier molecular flexibility index (Phi) is 5.72. The van der Waals surface area contributed by atoms with Gasteiger partial charge in [-0.1, -0.05) is 18.2 Å². The van der Waals surface area contributed by atoms with Gasteiger partial charge in [-0.25, -0.2) is 13.2 Å². The Morgan fingerprint density at radius 1 is 1.11 bits per heavy atom. The Labute approximate surface area is 158 Å². The molecular formula is C21H18F6O. The molecular weight excluding hydrogens is 382 g/mol. The summed E-state index contributed by atoms with van der Waals surface area (Å²) in [5.74, 6) is -4.91. The smallest absolute Gasteiger partial charge is 0.399 e. The van der Waals surface area contributed by atoms with E-state index < -0.39 is 29.6 Å². The maximum absolute atomic E-state index is 14.5. The number of benzene rings is 2. The second-order valence-electron chi connectivity index (χ2n) is 6.81. The van der Waals surface area contributed by atoms with Crippen LogP contribution < -0.4 is 4.74 Å². The maximum atomic E-state index is 14.5. The van der Waals surface area contributed by atoms with Crippen molar-refractivity contribution in [3.05, 3.63) is 76.6 Å². The molecule has 1 aliphatic rings. The van der Waals surface area contributed by atoms with Crippen molar-refractivity contribution in [3.8, 4) is 5.75 Å². The van der Waals surface area contributed by atoms with E-state index in [4.69, 9.17) is 0 Å². The Morgan fingerprint density at radius 2 is 1.86 bits per heavy atom. The average molecular weight is 400 g/mol. The number of ether oxygens (including phenoxy) is 1. The van der Waals surface area contributed by atoms with Gasteiger partial charge in [0.1, 0.15) is 5.82 Å². The van der Waals surface area contributed by atoms with Crippen LogP contribution in [0.5, 0.6) is 5.75 Å². The molecule has 0 aliphatic heterocycles. The molecule has 1 atom stereocenters. The van der Waals surface area contributed by atoms with E-state index in [9.17, 15) is 26.3 Å². The number of hydrogen-bond donors (Lipinski definition) is 0. The van der Waals surface area contributed by atoms with Gasteiger partial charge in [0.05, 0.1) is 0 Å². The van der Waals surface area contributed by atoms with Crippen molar-refractivity contribution in [2.24, 2.45) is 0 Å². The van der Waals surface area contributed by atoms with Gasteiger partial charge in [-0.3, -0.25) is 0 Å². The Bertz CT molecular complexity index is 887. The van der Waals surface area contributed by atoms with Crippen molar-refractivity contribution >= 4 is 0 Å². The van der Waals surface area contributed by atoms with Gasteiger partial charge in [0, 0.05) is 0 Å². The largest absolute Gasteiger partial charge is 0.573 e. The highest BCUT2D eigenvalue weighted by Crippen LogP contribution is 2.39. The van der Waals surface area contributed by atoms with Gasteiger partial charge in [0.15, 0.2) is 11.6 Å². The zero-order valence-electron chi connectivity index (χ0n) is 14.9. The first-order valence-electron chi connectivity index (χ1n) is 8.84. The van der Waals surface area contributed by atoms with E-state index >= 15 is 0 Å². The summed E-state index contributed by atoms with van der Waals surface area (Å²) in [4.78, 5) is 0. The summed E-state index contributed by atoms with van der Waals surface area (Å²) in [6.07, 6.45) is -1.53. The lowest BCUT2D eigenvalue weighted by molar-refractivity contribution is -0.276. The van der Waals surface area contributed by atoms with E-state index in [1.807, 2.05) is 0 Å². The lowest BCUT2D eigenvalue weighted by atomic mass is 9.79. The van der Waals surface area contributed by atoms with Gasteiger partial charge in [0.2, 0.25) is 5.75 Å². The monoisotopic (exact) mass is 400 g/mol. The van der Waals surface area contributed by atoms with Crippen molar-refractivity contribution in [3.63, 3.8) is 0 Å². The number of rotatable bonds is 5. The molecule has 1 aliphatic carbocycles. The highest BCUT2D eigenvalue weighted by molar-refractivity contribution is 5.42. The fourth-order valence-corrected chi connectivity index (χ4v) is 3.63. The molecule has 0 N–H and O–H groups in total. The van der Waals surface area contributed by atoms with Crippen LogP contribution in [0.4, 0.5) is 26.3 Å². The van der Waals surface area contributed by atoms with Crippen LogP contribution in [-0.4, -0.2) is 6.36 Å². The van der Waals surface area contributed by atoms with Gasteiger partial charge in [0.25, 0.3) is 0 Å². The molecule has 3 rings (SSSR count). The zero-order chi connectivity index (χ0) is 20.5. The van der Waals surface area contributed by atoms with Crippen LogP contribution in [0.25, 0.3) is 0 Å². The summed E-state index contributed by atoms with van der Waals surface area (Å²) < 4.78 is 83.5. The summed E-state index contributed by atoms with van der Waals surface area (Å²) in [7, 11) is 0. The van der Waals surface area contributed by atoms with E-state index in [0.717, 1.165) is 18.1 Å². The van der Waals surface area contributed by atoms with Crippen molar-refractivity contribution < 1.29 is 31.1 Å². The number of alkyl halides is 3. The number of allylic oxidation sites excluding steroid dienone is 1. The highest BCUT2D eigenvalue weighted by Gasteiger charge is 2.36. The molecule has 0 heterocycles. The molecule has 0 saturated carbocycles. The van der Waals surface area contributed by atoms with Crippen LogP contribution in [0.3, 0.4) is 0 Å². The molecule has 7 heteroatoms. The highest BCUT2D eigenvalue weighted by atomic mass is 19.4. The predicted octanol–water partition coefficient (Wildman–Crippen LogP) is 6.39. The Balaban J connectivity index is 1.86. The molecule has 1 unspecified atom stereocenters. The molecule has 0 amide bonds. The third kappa shape index (κ3) is 4.34. The molecule has 0 bridgehead atoms. The second kappa shape index (κ2) is 7.89. The SMILES string of the molecule is C=CCCc1ccc(C2CCc3c(cc(F)c(OC(F)(F)F)c3F)C2)c(F)c1. The second-order valence-corrected chi connectivity index (χ2v) is 6.81. The van der Waals surface area contributed by atoms with Crippen molar-refractivity contribution in [2.45, 2.75) is 44.4 Å². The summed E-state index contributed by atoms with van der Waals surface area (Å²) in [6.45, 7) is 3.62. The lowest BCUT2D eigenvalue weighted by Gasteiger charge is -2.27. The minimum Gasteiger partial charge on any atom is -0.399 e. The fraction of sp³-hybridized carbons (Fsp3) is 0.333. The van der Waals surface area contributed by atoms with Crippen LogP contribution in [-0.2, 0) is 19.3 Å². The van der Waals surface area contributed by atoms with E-state index in [1.54, 1.807) is 18.2 Å². The van der Waals surface area contributed by atoms with Crippen LogP contribution in [0.15, 0.2) is 36.9 Å². The summed E-state index contributed by atoms with van der Waals surface area (Å²) in [5.41, 5.74) is 1.48. The first-order valence-corrected chi connectivity index (χ1v) is 8.84. The normalized spacial score (nSPS) is 16.6. The molecule has 0 fully saturated rings. The third-order valence-electron chi connectivity index (χ3n) is 4.94. The first-order chi connectivity index (χ1) is 13.2. The standard InChI is InChI=1S/C21H18F6O/c1-2-3-4-12-5-7-15(17(22)9-12)13-6-8-16-14(10-13)11-18(23)20(19(16)24)28-21(25,26)27/h2,5,7,9,11,13H,1,3-4,6,8,10H2. The van der Waals surface area contributed by atoms with E-state index in [0.29, 0.717) is 18.4 Å². The average Bonchev–Trinajstić information content (AvgIpc) is 2.62. The molecule has 0 saturated heterocycles. The molecule has 2 aromatic rings. The Morgan fingerprint density at radius 3 is 2.50 bits per heavy atom. The summed E-state index contributed by atoms with van der Waals surface area (Å²) >= 11 is 0. The van der Waals surface area contributed by atoms with E-state index in [1.165, 1.54) is 6.07 Å². The van der Waals surface area contributed by atoms with Gasteiger partial charge < -0.3 is 4.74 Å². The Hall–Kier alpha value is -2.44. The molecule has 1 nitrogen and oxygen atoms in total. The molecule has 2 aromatic carbocycles. The fourth-order valence-electron chi connectivity index (χ4n) is 3.63. The topological polar surface area (TPSA) is 9.23 Å². The number of halogens is 6. The van der Waals surface area contributed by atoms with Crippen LogP contribution >= 0.6 is 0 Å². The minimum atomic E-state index is -5.19. The predicted molar refractivity (Wildman–Crippen MR) is 92.7 cm³/mol. The van der Waals surface area contributed by atoms with Gasteiger partial charge in [-0.15, -0.1) is 19.8 Å². The van der Waals surface area contributed by atoms with Gasteiger partial charge >= 0.3 is 6.36 Å². The van der Waals surface area contributed by atoms with Crippen molar-refractivity contribution in [1.82, 2.24) is 0 Å². The minimum absolute atomic E-state index is 0.0140. The van der Waals surface area contributed by atoms with E-state index in [-0.39, 0.29) is 29.9 Å². The number of hydrogen-bond acceptors (Lipinski definition) is 1. The van der Waals surface area contributed by atoms with Gasteiger partial charge in [-0.2, -0.15) is 0 Å². The number of fused-ring (bicyclic) bond motifs is 1. The maximum Gasteiger partial charge on any atom is 0.573 e. The van der Waals surface area contributed by atoms with Crippen LogP contribution in [0, 0.1) is 17.5 Å². The molecule has 0 spiro atoms. The van der Waals surface area contributed by atoms with Gasteiger partial charge in [-0.05, 0) is 72.4 Å². The first kappa shape index (κ1) is 20.3. The van der Waals surface area contributed by atoms with E-state index in [2.05, 4.69) is 11.3 Å². The summed E-state index contributed by atoms with van der Waals surface area (Å²) in [5, 5.41) is 0. The number of aryl methyl sites for hydroxylation is 1. The lowest BCUT2D eigenvalue weighted by Crippen LogP contribution is -2.21. The molecule has 0 aromatic heterocycles. The quantitative estimate of drug-likeness (QED) is 0.417. The van der Waals surface area contributed by atoms with Crippen molar-refractivity contribution in [2.75, 3.05) is 0 Å². The van der Waals surface area contributed by atoms with Crippen LogP contribution in [0.1, 0.15) is 41.0 Å². The zero-order valence-corrected chi connectivity index (χ0v) is 14.9. The molecule has 0 radical (unpaired) electrons. The third-order valence-corrected chi connectivity index (χ3v) is 4.94.